The van der Waals surface area contributed by atoms with Crippen molar-refractivity contribution in [2.45, 2.75) is 4.90 Å². The summed E-state index contributed by atoms with van der Waals surface area (Å²) in [4.78, 5) is 17.4. The molecule has 1 aromatic rings. The van der Waals surface area contributed by atoms with Crippen molar-refractivity contribution >= 4 is 21.5 Å². The number of hydrogen-bond donors (Lipinski definition) is 2. The van der Waals surface area contributed by atoms with Crippen LogP contribution in [0, 0.1) is 20.2 Å². The number of rotatable bonds is 3. The molecule has 1 rings (SSSR count). The summed E-state index contributed by atoms with van der Waals surface area (Å²) in [5.74, 6) is -1.23. The predicted molar refractivity (Wildman–Crippen MR) is 51.2 cm³/mol. The molecule has 10 nitrogen and oxygen atoms in total. The van der Waals surface area contributed by atoms with Gasteiger partial charge in [-0.15, -0.1) is 0 Å². The van der Waals surface area contributed by atoms with Gasteiger partial charge in [-0.05, 0) is 0 Å². The van der Waals surface area contributed by atoms with Gasteiger partial charge in [-0.25, -0.2) is 0 Å². The molecule has 2 N–H and O–H groups in total. The van der Waals surface area contributed by atoms with E-state index in [0.717, 1.165) is 0 Å². The molecular formula is C6H4N2O8S. The molecular weight excluding hydrogens is 260 g/mol. The van der Waals surface area contributed by atoms with E-state index in [4.69, 9.17) is 9.66 Å². The van der Waals surface area contributed by atoms with Gasteiger partial charge in [0.05, 0.1) is 9.85 Å². The predicted octanol–water partition coefficient (Wildman–Crippen LogP) is 0.455. The lowest BCUT2D eigenvalue weighted by molar-refractivity contribution is -0.423. The van der Waals surface area contributed by atoms with Gasteiger partial charge in [-0.3, -0.25) is 24.8 Å². The van der Waals surface area contributed by atoms with E-state index < -0.39 is 42.0 Å². The van der Waals surface area contributed by atoms with Crippen LogP contribution in [0.4, 0.5) is 11.4 Å². The lowest BCUT2D eigenvalue weighted by atomic mass is 10.2. The van der Waals surface area contributed by atoms with Crippen LogP contribution in [0.15, 0.2) is 17.0 Å². The molecule has 92 valence electrons. The first-order chi connectivity index (χ1) is 7.64. The van der Waals surface area contributed by atoms with E-state index in [0.29, 0.717) is 6.07 Å². The van der Waals surface area contributed by atoms with Crippen LogP contribution in [0.5, 0.6) is 5.75 Å². The van der Waals surface area contributed by atoms with Gasteiger partial charge in [0.15, 0.2) is 0 Å². The molecule has 0 heterocycles. The summed E-state index contributed by atoms with van der Waals surface area (Å²) in [6.45, 7) is 0. The normalized spacial score (nSPS) is 11.1. The number of benzene rings is 1. The van der Waals surface area contributed by atoms with Crippen LogP contribution in [0.1, 0.15) is 0 Å². The van der Waals surface area contributed by atoms with Gasteiger partial charge in [-0.1, -0.05) is 0 Å². The second kappa shape index (κ2) is 3.95. The molecule has 0 fully saturated rings. The third-order valence-corrected chi connectivity index (χ3v) is 2.55. The van der Waals surface area contributed by atoms with Gasteiger partial charge in [0.2, 0.25) is 5.75 Å². The Morgan fingerprint density at radius 1 is 1.12 bits per heavy atom. The third kappa shape index (κ3) is 2.46. The van der Waals surface area contributed by atoms with Gasteiger partial charge < -0.3 is 5.11 Å². The van der Waals surface area contributed by atoms with Gasteiger partial charge in [-0.2, -0.15) is 8.42 Å². The number of hydrogen-bond acceptors (Lipinski definition) is 7. The fourth-order valence-corrected chi connectivity index (χ4v) is 1.58. The second-order valence-electron chi connectivity index (χ2n) is 2.80. The van der Waals surface area contributed by atoms with Crippen molar-refractivity contribution in [2.75, 3.05) is 0 Å². The van der Waals surface area contributed by atoms with Crippen molar-refractivity contribution < 1.29 is 27.9 Å². The summed E-state index contributed by atoms with van der Waals surface area (Å²) >= 11 is 0. The summed E-state index contributed by atoms with van der Waals surface area (Å²) in [7, 11) is -4.81. The van der Waals surface area contributed by atoms with Gasteiger partial charge >= 0.3 is 11.4 Å². The first-order valence-electron chi connectivity index (χ1n) is 3.78. The van der Waals surface area contributed by atoms with Gasteiger partial charge in [0.25, 0.3) is 10.1 Å². The highest BCUT2D eigenvalue weighted by atomic mass is 32.2. The zero-order valence-electron chi connectivity index (χ0n) is 7.80. The largest absolute Gasteiger partial charge is 0.502 e. The van der Waals surface area contributed by atoms with Crippen LogP contribution in [-0.4, -0.2) is 27.9 Å². The van der Waals surface area contributed by atoms with Crippen LogP contribution in [0.25, 0.3) is 0 Å². The Morgan fingerprint density at radius 3 is 2.00 bits per heavy atom. The van der Waals surface area contributed by atoms with Crippen molar-refractivity contribution in [3.63, 3.8) is 0 Å². The van der Waals surface area contributed by atoms with Crippen molar-refractivity contribution in [3.8, 4) is 5.75 Å². The number of aromatic hydroxyl groups is 1. The van der Waals surface area contributed by atoms with Crippen molar-refractivity contribution in [3.05, 3.63) is 32.4 Å². The van der Waals surface area contributed by atoms with Gasteiger partial charge in [0.1, 0.15) is 4.90 Å². The molecule has 0 amide bonds. The molecule has 17 heavy (non-hydrogen) atoms. The third-order valence-electron chi connectivity index (χ3n) is 1.72. The molecule has 0 aromatic heterocycles. The Hall–Kier alpha value is -2.27. The molecule has 0 aliphatic carbocycles. The van der Waals surface area contributed by atoms with E-state index in [1.165, 1.54) is 0 Å². The topological polar surface area (TPSA) is 161 Å². The van der Waals surface area contributed by atoms with E-state index in [1.54, 1.807) is 0 Å². The zero-order valence-corrected chi connectivity index (χ0v) is 8.62. The van der Waals surface area contributed by atoms with Crippen LogP contribution in [0.2, 0.25) is 0 Å². The number of nitro groups is 2. The van der Waals surface area contributed by atoms with Crippen molar-refractivity contribution in [2.24, 2.45) is 0 Å². The molecule has 0 radical (unpaired) electrons. The number of phenolic OH excluding ortho intramolecular Hbond substituents is 1. The minimum atomic E-state index is -4.81. The SMILES string of the molecule is O=[N+]([O-])c1cc(S(=O)(=O)O)cc(O)c1[N+](=O)[O-]. The lowest BCUT2D eigenvalue weighted by Gasteiger charge is -2.00. The standard InChI is InChI=1S/C6H4N2O8S/c9-5-2-3(17(14,15)16)1-4(7(10)11)6(5)8(12)13/h1-2,9H,(H,14,15,16). The Labute approximate surface area is 93.2 Å². The Kier molecular flexibility index (Phi) is 2.97. The minimum absolute atomic E-state index is 0.285. The monoisotopic (exact) mass is 264 g/mol. The summed E-state index contributed by atoms with van der Waals surface area (Å²) in [6, 6.07) is 0.633. The maximum Gasteiger partial charge on any atom is 0.387 e. The first-order valence-corrected chi connectivity index (χ1v) is 5.22. The second-order valence-corrected chi connectivity index (χ2v) is 4.22. The molecule has 0 aliphatic rings. The molecule has 0 atom stereocenters. The Balaban J connectivity index is 3.70. The van der Waals surface area contributed by atoms with Crippen molar-refractivity contribution in [1.82, 2.24) is 0 Å². The number of phenols is 1. The number of nitro benzene ring substituents is 2. The highest BCUT2D eigenvalue weighted by Gasteiger charge is 2.32. The first kappa shape index (κ1) is 12.8. The summed E-state index contributed by atoms with van der Waals surface area (Å²) in [5.41, 5.74) is -2.48. The summed E-state index contributed by atoms with van der Waals surface area (Å²) in [5, 5.41) is 30.0. The summed E-state index contributed by atoms with van der Waals surface area (Å²) < 4.78 is 30.0. The molecule has 0 unspecified atom stereocenters. The molecule has 0 saturated carbocycles. The molecule has 0 spiro atoms. The van der Waals surface area contributed by atoms with E-state index in [2.05, 4.69) is 0 Å². The van der Waals surface area contributed by atoms with Crippen LogP contribution in [-0.2, 0) is 10.1 Å². The Morgan fingerprint density at radius 2 is 1.65 bits per heavy atom. The van der Waals surface area contributed by atoms with Gasteiger partial charge in [0, 0.05) is 12.1 Å². The summed E-state index contributed by atoms with van der Waals surface area (Å²) in [6.07, 6.45) is 0. The maximum absolute atomic E-state index is 10.7. The quantitative estimate of drug-likeness (QED) is 0.451. The lowest BCUT2D eigenvalue weighted by Crippen LogP contribution is -2.02. The molecule has 0 aliphatic heterocycles. The fraction of sp³-hybridized carbons (Fsp3) is 0. The zero-order chi connectivity index (χ0) is 13.4. The minimum Gasteiger partial charge on any atom is -0.502 e. The Bertz CT molecular complexity index is 607. The van der Waals surface area contributed by atoms with Crippen molar-refractivity contribution in [1.29, 1.82) is 0 Å². The molecule has 0 bridgehead atoms. The number of nitrogens with zero attached hydrogens (tertiary/aromatic N) is 2. The highest BCUT2D eigenvalue weighted by molar-refractivity contribution is 7.85. The van der Waals surface area contributed by atoms with Crippen LogP contribution < -0.4 is 0 Å². The smallest absolute Gasteiger partial charge is 0.387 e. The van der Waals surface area contributed by atoms with E-state index in [-0.39, 0.29) is 6.07 Å². The molecule has 11 heteroatoms. The molecule has 1 aromatic carbocycles. The molecule has 0 saturated heterocycles. The average Bonchev–Trinajstić information content (AvgIpc) is 2.13. The highest BCUT2D eigenvalue weighted by Crippen LogP contribution is 2.37. The maximum atomic E-state index is 10.7. The average molecular weight is 264 g/mol. The van der Waals surface area contributed by atoms with E-state index in [1.807, 2.05) is 0 Å². The fourth-order valence-electron chi connectivity index (χ4n) is 1.05. The van der Waals surface area contributed by atoms with Crippen LogP contribution >= 0.6 is 0 Å². The van der Waals surface area contributed by atoms with Crippen LogP contribution in [0.3, 0.4) is 0 Å². The van der Waals surface area contributed by atoms with E-state index >= 15 is 0 Å². The van der Waals surface area contributed by atoms with E-state index in [9.17, 15) is 28.6 Å².